The molecule has 0 fully saturated rings. The minimum absolute atomic E-state index is 0.726. The highest BCUT2D eigenvalue weighted by molar-refractivity contribution is 6.32. The first kappa shape index (κ1) is 17.3. The Labute approximate surface area is 174 Å². The van der Waals surface area contributed by atoms with E-state index < -0.39 is 0 Å². The van der Waals surface area contributed by atoms with Crippen molar-refractivity contribution in [2.45, 2.75) is 0 Å². The van der Waals surface area contributed by atoms with Gasteiger partial charge in [0.1, 0.15) is 0 Å². The quantitative estimate of drug-likeness (QED) is 0.318. The van der Waals surface area contributed by atoms with Gasteiger partial charge in [-0.3, -0.25) is 0 Å². The standard InChI is InChI=1S/C26H16Cl2/c27-20-13-18-9-3-5-11-22(18)24(15-20)26(17-7-1-2-8-17)25-16-21(28)14-19-10-4-6-12-23(19)25/h1-16H. The maximum absolute atomic E-state index is 6.53. The van der Waals surface area contributed by atoms with E-state index in [-0.39, 0.29) is 0 Å². The molecule has 0 nitrogen and oxygen atoms in total. The molecule has 0 bridgehead atoms. The summed E-state index contributed by atoms with van der Waals surface area (Å²) in [5, 5.41) is 6.05. The summed E-state index contributed by atoms with van der Waals surface area (Å²) in [7, 11) is 0. The molecule has 0 saturated carbocycles. The number of rotatable bonds is 2. The zero-order valence-electron chi connectivity index (χ0n) is 15.0. The summed E-state index contributed by atoms with van der Waals surface area (Å²) in [5.41, 5.74) is 4.52. The van der Waals surface area contributed by atoms with Crippen LogP contribution in [0.5, 0.6) is 0 Å². The molecular weight excluding hydrogens is 383 g/mol. The molecule has 0 atom stereocenters. The zero-order chi connectivity index (χ0) is 19.1. The van der Waals surface area contributed by atoms with Crippen molar-refractivity contribution in [1.29, 1.82) is 0 Å². The van der Waals surface area contributed by atoms with Gasteiger partial charge in [0.2, 0.25) is 0 Å². The molecule has 0 aliphatic heterocycles. The summed E-state index contributed by atoms with van der Waals surface area (Å²) >= 11 is 13.1. The van der Waals surface area contributed by atoms with E-state index in [4.69, 9.17) is 23.2 Å². The van der Waals surface area contributed by atoms with Crippen LogP contribution in [0.3, 0.4) is 0 Å². The van der Waals surface area contributed by atoms with Gasteiger partial charge in [-0.2, -0.15) is 0 Å². The van der Waals surface area contributed by atoms with Crippen molar-refractivity contribution >= 4 is 50.3 Å². The van der Waals surface area contributed by atoms with Crippen LogP contribution in [0.15, 0.2) is 103 Å². The maximum atomic E-state index is 6.53. The van der Waals surface area contributed by atoms with Gasteiger partial charge in [-0.1, -0.05) is 96.0 Å². The molecule has 1 aliphatic rings. The Kier molecular flexibility index (Phi) is 4.31. The van der Waals surface area contributed by atoms with Gasteiger partial charge in [-0.25, -0.2) is 0 Å². The predicted octanol–water partition coefficient (Wildman–Crippen LogP) is 8.23. The van der Waals surface area contributed by atoms with Gasteiger partial charge in [-0.05, 0) is 68.1 Å². The van der Waals surface area contributed by atoms with E-state index in [2.05, 4.69) is 72.8 Å². The first-order chi connectivity index (χ1) is 13.7. The second kappa shape index (κ2) is 6.98. The summed E-state index contributed by atoms with van der Waals surface area (Å²) in [6.45, 7) is 0. The molecule has 134 valence electrons. The molecule has 28 heavy (non-hydrogen) atoms. The zero-order valence-corrected chi connectivity index (χ0v) is 16.5. The van der Waals surface area contributed by atoms with Crippen LogP contribution in [0.2, 0.25) is 10.0 Å². The van der Waals surface area contributed by atoms with Crippen molar-refractivity contribution in [2.75, 3.05) is 0 Å². The van der Waals surface area contributed by atoms with Crippen LogP contribution in [-0.4, -0.2) is 0 Å². The first-order valence-electron chi connectivity index (χ1n) is 9.17. The molecule has 4 aromatic carbocycles. The molecule has 0 unspecified atom stereocenters. The largest absolute Gasteiger partial charge is 0.0843 e. The Bertz CT molecular complexity index is 1220. The van der Waals surface area contributed by atoms with Gasteiger partial charge in [0.05, 0.1) is 0 Å². The molecule has 0 radical (unpaired) electrons. The van der Waals surface area contributed by atoms with Crippen LogP contribution >= 0.6 is 23.2 Å². The third kappa shape index (κ3) is 2.96. The number of benzene rings is 4. The van der Waals surface area contributed by atoms with Crippen molar-refractivity contribution in [3.63, 3.8) is 0 Å². The number of halogens is 2. The minimum atomic E-state index is 0.726. The van der Waals surface area contributed by atoms with E-state index in [1.165, 1.54) is 10.8 Å². The lowest BCUT2D eigenvalue weighted by Crippen LogP contribution is -1.95. The van der Waals surface area contributed by atoms with Gasteiger partial charge in [0.15, 0.2) is 0 Å². The Hall–Kier alpha value is -2.80. The topological polar surface area (TPSA) is 0 Å². The minimum Gasteiger partial charge on any atom is -0.0843 e. The first-order valence-corrected chi connectivity index (χ1v) is 9.93. The molecule has 0 saturated heterocycles. The maximum Gasteiger partial charge on any atom is 0.0418 e. The van der Waals surface area contributed by atoms with Gasteiger partial charge in [-0.15, -0.1) is 0 Å². The van der Waals surface area contributed by atoms with Crippen LogP contribution < -0.4 is 0 Å². The number of hydrogen-bond acceptors (Lipinski definition) is 0. The Morgan fingerprint density at radius 1 is 0.571 bits per heavy atom. The highest BCUT2D eigenvalue weighted by atomic mass is 35.5. The Morgan fingerprint density at radius 3 is 1.54 bits per heavy atom. The predicted molar refractivity (Wildman–Crippen MR) is 122 cm³/mol. The molecule has 0 amide bonds. The molecule has 1 aliphatic carbocycles. The molecule has 5 rings (SSSR count). The summed E-state index contributed by atoms with van der Waals surface area (Å²) in [6, 6.07) is 24.9. The van der Waals surface area contributed by atoms with Crippen LogP contribution in [0.25, 0.3) is 27.1 Å². The summed E-state index contributed by atoms with van der Waals surface area (Å²) in [6.07, 6.45) is 8.41. The average Bonchev–Trinajstić information content (AvgIpc) is 3.22. The molecule has 2 heteroatoms. The highest BCUT2D eigenvalue weighted by Gasteiger charge is 2.17. The van der Waals surface area contributed by atoms with Crippen LogP contribution in [0, 0.1) is 0 Å². The second-order valence-electron chi connectivity index (χ2n) is 6.90. The third-order valence-corrected chi connectivity index (χ3v) is 5.58. The van der Waals surface area contributed by atoms with Crippen molar-refractivity contribution in [3.05, 3.63) is 124 Å². The molecule has 0 N–H and O–H groups in total. The summed E-state index contributed by atoms with van der Waals surface area (Å²) < 4.78 is 0. The summed E-state index contributed by atoms with van der Waals surface area (Å²) in [4.78, 5) is 0. The van der Waals surface area contributed by atoms with Crippen molar-refractivity contribution in [1.82, 2.24) is 0 Å². The fourth-order valence-electron chi connectivity index (χ4n) is 3.96. The molecule has 0 aromatic heterocycles. The average molecular weight is 399 g/mol. The highest BCUT2D eigenvalue weighted by Crippen LogP contribution is 2.40. The monoisotopic (exact) mass is 398 g/mol. The fraction of sp³-hybridized carbons (Fsp3) is 0. The van der Waals surface area contributed by atoms with Gasteiger partial charge < -0.3 is 0 Å². The van der Waals surface area contributed by atoms with Gasteiger partial charge in [0.25, 0.3) is 0 Å². The van der Waals surface area contributed by atoms with E-state index in [1.807, 2.05) is 24.3 Å². The molecule has 0 heterocycles. The van der Waals surface area contributed by atoms with E-state index >= 15 is 0 Å². The lowest BCUT2D eigenvalue weighted by atomic mass is 9.87. The normalized spacial score (nSPS) is 13.0. The molecular formula is C26H16Cl2. The van der Waals surface area contributed by atoms with Crippen molar-refractivity contribution in [3.8, 4) is 0 Å². The Balaban J connectivity index is 1.94. The lowest BCUT2D eigenvalue weighted by Gasteiger charge is -2.17. The van der Waals surface area contributed by atoms with E-state index in [0.29, 0.717) is 0 Å². The number of allylic oxidation sites excluding steroid dienone is 5. The van der Waals surface area contributed by atoms with E-state index in [9.17, 15) is 0 Å². The van der Waals surface area contributed by atoms with Crippen LogP contribution in [0.4, 0.5) is 0 Å². The summed E-state index contributed by atoms with van der Waals surface area (Å²) in [5.74, 6) is 0. The molecule has 0 spiro atoms. The van der Waals surface area contributed by atoms with Crippen molar-refractivity contribution < 1.29 is 0 Å². The van der Waals surface area contributed by atoms with Crippen molar-refractivity contribution in [2.24, 2.45) is 0 Å². The number of fused-ring (bicyclic) bond motifs is 2. The third-order valence-electron chi connectivity index (χ3n) is 5.14. The Morgan fingerprint density at radius 2 is 1.04 bits per heavy atom. The van der Waals surface area contributed by atoms with Crippen LogP contribution in [-0.2, 0) is 0 Å². The fourth-order valence-corrected chi connectivity index (χ4v) is 4.41. The van der Waals surface area contributed by atoms with Gasteiger partial charge >= 0.3 is 0 Å². The van der Waals surface area contributed by atoms with Crippen LogP contribution in [0.1, 0.15) is 11.1 Å². The van der Waals surface area contributed by atoms with E-state index in [0.717, 1.165) is 43.1 Å². The van der Waals surface area contributed by atoms with E-state index in [1.54, 1.807) is 0 Å². The smallest absolute Gasteiger partial charge is 0.0418 e. The second-order valence-corrected chi connectivity index (χ2v) is 7.77. The lowest BCUT2D eigenvalue weighted by molar-refractivity contribution is 1.58. The SMILES string of the molecule is Clc1cc(C(=C2C=CC=C2)c2cc(Cl)cc3ccccc23)c2ccccc2c1. The number of hydrogen-bond donors (Lipinski definition) is 0. The molecule has 4 aromatic rings. The van der Waals surface area contributed by atoms with Gasteiger partial charge in [0, 0.05) is 10.0 Å².